The van der Waals surface area contributed by atoms with Gasteiger partial charge < -0.3 is 5.32 Å². The van der Waals surface area contributed by atoms with E-state index >= 15 is 0 Å². The first kappa shape index (κ1) is 13.6. The molecule has 0 fully saturated rings. The Morgan fingerprint density at radius 2 is 2.06 bits per heavy atom. The van der Waals surface area contributed by atoms with E-state index in [-0.39, 0.29) is 0 Å². The first-order valence-corrected chi connectivity index (χ1v) is 7.80. The molecule has 0 aliphatic rings. The zero-order chi connectivity index (χ0) is 13.0. The molecular formula is C14H18N2S2. The van der Waals surface area contributed by atoms with E-state index in [0.29, 0.717) is 6.04 Å². The molecule has 4 heteroatoms. The van der Waals surface area contributed by atoms with Gasteiger partial charge in [0.15, 0.2) is 0 Å². The van der Waals surface area contributed by atoms with Crippen LogP contribution in [0.5, 0.6) is 0 Å². The normalized spacial score (nSPS) is 12.6. The molecule has 0 amide bonds. The van der Waals surface area contributed by atoms with E-state index in [4.69, 9.17) is 0 Å². The van der Waals surface area contributed by atoms with Crippen molar-refractivity contribution in [2.24, 2.45) is 0 Å². The molecule has 1 aromatic heterocycles. The third-order valence-corrected chi connectivity index (χ3v) is 5.02. The summed E-state index contributed by atoms with van der Waals surface area (Å²) in [5, 5.41) is 4.39. The lowest BCUT2D eigenvalue weighted by Crippen LogP contribution is -2.11. The number of benzene rings is 1. The van der Waals surface area contributed by atoms with Crippen molar-refractivity contribution in [1.82, 2.24) is 10.3 Å². The Labute approximate surface area is 117 Å². The largest absolute Gasteiger partial charge is 0.313 e. The monoisotopic (exact) mass is 278 g/mol. The minimum Gasteiger partial charge on any atom is -0.313 e. The van der Waals surface area contributed by atoms with Crippen LogP contribution in [0, 0.1) is 6.92 Å². The molecule has 0 bridgehead atoms. The molecule has 1 aromatic carbocycles. The number of rotatable bonds is 5. The van der Waals surface area contributed by atoms with Crippen LogP contribution in [0.15, 0.2) is 35.4 Å². The smallest absolute Gasteiger partial charge is 0.0897 e. The minimum atomic E-state index is 0.410. The highest BCUT2D eigenvalue weighted by Crippen LogP contribution is 2.26. The first-order valence-electron chi connectivity index (χ1n) is 6.00. The summed E-state index contributed by atoms with van der Waals surface area (Å²) in [5.74, 6) is 1.01. The summed E-state index contributed by atoms with van der Waals surface area (Å²) in [6.45, 7) is 4.22. The van der Waals surface area contributed by atoms with Crippen molar-refractivity contribution in [3.63, 3.8) is 0 Å². The molecule has 0 aliphatic carbocycles. The van der Waals surface area contributed by atoms with Crippen molar-refractivity contribution >= 4 is 23.1 Å². The molecule has 2 nitrogen and oxygen atoms in total. The van der Waals surface area contributed by atoms with Gasteiger partial charge in [-0.3, -0.25) is 0 Å². The lowest BCUT2D eigenvalue weighted by Gasteiger charge is -2.10. The average molecular weight is 278 g/mol. The second-order valence-electron chi connectivity index (χ2n) is 4.21. The minimum absolute atomic E-state index is 0.410. The molecule has 1 heterocycles. The van der Waals surface area contributed by atoms with Gasteiger partial charge in [-0.2, -0.15) is 0 Å². The van der Waals surface area contributed by atoms with Gasteiger partial charge in [-0.1, -0.05) is 12.1 Å². The van der Waals surface area contributed by atoms with Gasteiger partial charge in [0.1, 0.15) is 0 Å². The summed E-state index contributed by atoms with van der Waals surface area (Å²) < 4.78 is 0. The molecule has 1 N–H and O–H groups in total. The molecule has 1 atom stereocenters. The number of nitrogens with one attached hydrogen (secondary N) is 1. The lowest BCUT2D eigenvalue weighted by atomic mass is 10.1. The number of thioether (sulfide) groups is 1. The third kappa shape index (κ3) is 3.57. The van der Waals surface area contributed by atoms with Crippen molar-refractivity contribution in [3.05, 3.63) is 45.9 Å². The van der Waals surface area contributed by atoms with Crippen LogP contribution in [-0.2, 0) is 5.75 Å². The van der Waals surface area contributed by atoms with Gasteiger partial charge in [-0.15, -0.1) is 23.1 Å². The highest BCUT2D eigenvalue weighted by atomic mass is 32.2. The van der Waals surface area contributed by atoms with E-state index in [1.54, 1.807) is 11.3 Å². The second-order valence-corrected chi connectivity index (χ2v) is 6.58. The zero-order valence-electron chi connectivity index (χ0n) is 10.9. The predicted molar refractivity (Wildman–Crippen MR) is 80.3 cm³/mol. The Balaban J connectivity index is 1.94. The van der Waals surface area contributed by atoms with E-state index in [2.05, 4.69) is 41.5 Å². The molecule has 2 rings (SSSR count). The fraction of sp³-hybridized carbons (Fsp3) is 0.357. The van der Waals surface area contributed by atoms with Gasteiger partial charge in [-0.25, -0.2) is 4.98 Å². The van der Waals surface area contributed by atoms with Crippen LogP contribution in [0.3, 0.4) is 0 Å². The Morgan fingerprint density at radius 1 is 1.33 bits per heavy atom. The highest BCUT2D eigenvalue weighted by Gasteiger charge is 2.03. The summed E-state index contributed by atoms with van der Waals surface area (Å²) in [7, 11) is 1.99. The Morgan fingerprint density at radius 3 is 2.61 bits per heavy atom. The van der Waals surface area contributed by atoms with Crippen LogP contribution in [0.25, 0.3) is 0 Å². The summed E-state index contributed by atoms with van der Waals surface area (Å²) in [6, 6.07) is 9.19. The van der Waals surface area contributed by atoms with E-state index < -0.39 is 0 Å². The molecule has 0 spiro atoms. The molecule has 0 radical (unpaired) electrons. The van der Waals surface area contributed by atoms with Crippen LogP contribution < -0.4 is 5.32 Å². The van der Waals surface area contributed by atoms with Crippen LogP contribution >= 0.6 is 23.1 Å². The Kier molecular flexibility index (Phi) is 4.80. The average Bonchev–Trinajstić information content (AvgIpc) is 2.82. The van der Waals surface area contributed by atoms with Crippen molar-refractivity contribution in [2.75, 3.05) is 7.05 Å². The number of hydrogen-bond acceptors (Lipinski definition) is 4. The SMILES string of the molecule is CNC(C)c1ccc(SCc2cnc(C)s2)cc1. The van der Waals surface area contributed by atoms with Crippen LogP contribution in [-0.4, -0.2) is 12.0 Å². The van der Waals surface area contributed by atoms with Crippen LogP contribution in [0.4, 0.5) is 0 Å². The summed E-state index contributed by atoms with van der Waals surface area (Å²) in [5.41, 5.74) is 1.33. The summed E-state index contributed by atoms with van der Waals surface area (Å²) in [4.78, 5) is 6.93. The quantitative estimate of drug-likeness (QED) is 0.836. The van der Waals surface area contributed by atoms with Gasteiger partial charge in [0.25, 0.3) is 0 Å². The van der Waals surface area contributed by atoms with E-state index in [1.165, 1.54) is 15.3 Å². The molecule has 0 saturated carbocycles. The molecule has 2 aromatic rings. The molecule has 0 saturated heterocycles. The Hall–Kier alpha value is -0.840. The van der Waals surface area contributed by atoms with Gasteiger partial charge in [0.2, 0.25) is 0 Å². The van der Waals surface area contributed by atoms with Crippen molar-refractivity contribution < 1.29 is 0 Å². The fourth-order valence-electron chi connectivity index (χ4n) is 1.65. The van der Waals surface area contributed by atoms with Gasteiger partial charge in [0, 0.05) is 27.8 Å². The van der Waals surface area contributed by atoms with E-state index in [9.17, 15) is 0 Å². The molecule has 0 aliphatic heterocycles. The molecule has 1 unspecified atom stereocenters. The first-order chi connectivity index (χ1) is 8.69. The summed E-state index contributed by atoms with van der Waals surface area (Å²) >= 11 is 3.64. The van der Waals surface area contributed by atoms with E-state index in [0.717, 1.165) is 10.8 Å². The van der Waals surface area contributed by atoms with E-state index in [1.807, 2.05) is 31.9 Å². The number of nitrogens with zero attached hydrogens (tertiary/aromatic N) is 1. The van der Waals surface area contributed by atoms with Gasteiger partial charge in [-0.05, 0) is 38.6 Å². The summed E-state index contributed by atoms with van der Waals surface area (Å²) in [6.07, 6.45) is 1.98. The standard InChI is InChI=1S/C14H18N2S2/c1-10(15-3)12-4-6-13(7-5-12)17-9-14-8-16-11(2)18-14/h4-8,10,15H,9H2,1-3H3. The topological polar surface area (TPSA) is 24.9 Å². The highest BCUT2D eigenvalue weighted by molar-refractivity contribution is 7.98. The zero-order valence-corrected chi connectivity index (χ0v) is 12.6. The molecular weight excluding hydrogens is 260 g/mol. The fourth-order valence-corrected chi connectivity index (χ4v) is 3.36. The maximum absolute atomic E-state index is 4.27. The Bertz CT molecular complexity index is 491. The van der Waals surface area contributed by atoms with Crippen molar-refractivity contribution in [3.8, 4) is 0 Å². The van der Waals surface area contributed by atoms with Crippen molar-refractivity contribution in [2.45, 2.75) is 30.5 Å². The van der Waals surface area contributed by atoms with Crippen molar-refractivity contribution in [1.29, 1.82) is 0 Å². The van der Waals surface area contributed by atoms with Crippen LogP contribution in [0.1, 0.15) is 28.4 Å². The molecule has 18 heavy (non-hydrogen) atoms. The number of thiazole rings is 1. The maximum Gasteiger partial charge on any atom is 0.0897 e. The van der Waals surface area contributed by atoms with Gasteiger partial charge >= 0.3 is 0 Å². The number of hydrogen-bond donors (Lipinski definition) is 1. The number of aromatic nitrogens is 1. The van der Waals surface area contributed by atoms with Gasteiger partial charge in [0.05, 0.1) is 5.01 Å². The lowest BCUT2D eigenvalue weighted by molar-refractivity contribution is 0.652. The van der Waals surface area contributed by atoms with Crippen LogP contribution in [0.2, 0.25) is 0 Å². The third-order valence-electron chi connectivity index (χ3n) is 2.86. The molecule has 96 valence electrons. The number of aryl methyl sites for hydroxylation is 1. The maximum atomic E-state index is 4.27. The predicted octanol–water partition coefficient (Wildman–Crippen LogP) is 4.02. The second kappa shape index (κ2) is 6.36.